The number of fused-ring (bicyclic) bond motifs is 3. The molecular formula is C24H27ClN6O. The first-order chi connectivity index (χ1) is 15.6. The van der Waals surface area contributed by atoms with E-state index in [1.807, 2.05) is 24.5 Å². The first-order valence-electron chi connectivity index (χ1n) is 11.2. The van der Waals surface area contributed by atoms with E-state index < -0.39 is 0 Å². The van der Waals surface area contributed by atoms with Gasteiger partial charge in [-0.15, -0.1) is 10.2 Å². The molecule has 1 spiro atoms. The van der Waals surface area contributed by atoms with E-state index in [-0.39, 0.29) is 0 Å². The summed E-state index contributed by atoms with van der Waals surface area (Å²) in [5.74, 6) is 2.55. The van der Waals surface area contributed by atoms with Crippen LogP contribution >= 0.6 is 11.6 Å². The summed E-state index contributed by atoms with van der Waals surface area (Å²) in [6.07, 6.45) is 6.12. The maximum absolute atomic E-state index is 6.36. The molecule has 0 amide bonds. The van der Waals surface area contributed by atoms with E-state index in [4.69, 9.17) is 21.4 Å². The number of anilines is 1. The Labute approximate surface area is 193 Å². The number of methoxy groups -OCH3 is 1. The number of pyridine rings is 1. The average Bonchev–Trinajstić information content (AvgIpc) is 3.07. The lowest BCUT2D eigenvalue weighted by Crippen LogP contribution is -2.62. The highest BCUT2D eigenvalue weighted by Crippen LogP contribution is 2.56. The van der Waals surface area contributed by atoms with Crippen LogP contribution < -0.4 is 4.90 Å². The predicted octanol–water partition coefficient (Wildman–Crippen LogP) is 3.66. The fraction of sp³-hybridized carbons (Fsp3) is 0.458. The summed E-state index contributed by atoms with van der Waals surface area (Å²) >= 11 is 6.36. The van der Waals surface area contributed by atoms with Crippen LogP contribution in [0, 0.1) is 5.41 Å². The lowest BCUT2D eigenvalue weighted by Gasteiger charge is -2.59. The Morgan fingerprint density at radius 1 is 1.16 bits per heavy atom. The number of hydrogen-bond donors (Lipinski definition) is 0. The number of benzene rings is 1. The summed E-state index contributed by atoms with van der Waals surface area (Å²) in [5.41, 5.74) is 4.01. The van der Waals surface area contributed by atoms with Crippen LogP contribution in [0.2, 0.25) is 5.02 Å². The number of halogens is 1. The van der Waals surface area contributed by atoms with Gasteiger partial charge in [0.2, 0.25) is 0 Å². The minimum Gasteiger partial charge on any atom is -0.383 e. The highest BCUT2D eigenvalue weighted by Gasteiger charge is 2.54. The molecule has 3 aromatic rings. The molecular weight excluding hydrogens is 424 g/mol. The summed E-state index contributed by atoms with van der Waals surface area (Å²) in [4.78, 5) is 9.05. The molecule has 0 bridgehead atoms. The van der Waals surface area contributed by atoms with Gasteiger partial charge in [0.15, 0.2) is 5.82 Å². The van der Waals surface area contributed by atoms with Crippen LogP contribution in [-0.2, 0) is 17.8 Å². The number of ether oxygens (including phenoxy) is 1. The third kappa shape index (κ3) is 3.39. The van der Waals surface area contributed by atoms with Crippen LogP contribution in [0.1, 0.15) is 36.0 Å². The molecule has 1 saturated carbocycles. The van der Waals surface area contributed by atoms with Gasteiger partial charge in [-0.1, -0.05) is 11.6 Å². The highest BCUT2D eigenvalue weighted by molar-refractivity contribution is 6.30. The zero-order valence-electron chi connectivity index (χ0n) is 18.2. The highest BCUT2D eigenvalue weighted by atomic mass is 35.5. The van der Waals surface area contributed by atoms with Gasteiger partial charge in [-0.3, -0.25) is 14.5 Å². The summed E-state index contributed by atoms with van der Waals surface area (Å²) in [6.45, 7) is 5.34. The van der Waals surface area contributed by atoms with Gasteiger partial charge >= 0.3 is 0 Å². The van der Waals surface area contributed by atoms with E-state index >= 15 is 0 Å². The Morgan fingerprint density at radius 2 is 2.03 bits per heavy atom. The summed E-state index contributed by atoms with van der Waals surface area (Å²) in [7, 11) is 1.74. The molecule has 0 atom stereocenters. The third-order valence-corrected chi connectivity index (χ3v) is 7.43. The van der Waals surface area contributed by atoms with Crippen LogP contribution in [-0.4, -0.2) is 58.0 Å². The van der Waals surface area contributed by atoms with Gasteiger partial charge < -0.3 is 9.64 Å². The molecule has 1 saturated heterocycles. The van der Waals surface area contributed by atoms with Gasteiger partial charge in [-0.05, 0) is 48.7 Å². The molecule has 0 N–H and O–H groups in total. The van der Waals surface area contributed by atoms with Gasteiger partial charge in [0.25, 0.3) is 0 Å². The molecule has 2 aromatic heterocycles. The van der Waals surface area contributed by atoms with E-state index in [1.54, 1.807) is 7.11 Å². The zero-order chi connectivity index (χ0) is 21.7. The lowest BCUT2D eigenvalue weighted by molar-refractivity contribution is 0.0587. The van der Waals surface area contributed by atoms with E-state index in [2.05, 4.69) is 42.6 Å². The molecule has 3 aliphatic rings. The second-order valence-corrected chi connectivity index (χ2v) is 9.90. The quantitative estimate of drug-likeness (QED) is 0.591. The van der Waals surface area contributed by atoms with Crippen molar-refractivity contribution in [3.63, 3.8) is 0 Å². The maximum Gasteiger partial charge on any atom is 0.151 e. The van der Waals surface area contributed by atoms with Crippen molar-refractivity contribution in [2.45, 2.75) is 31.8 Å². The van der Waals surface area contributed by atoms with Crippen molar-refractivity contribution < 1.29 is 4.74 Å². The van der Waals surface area contributed by atoms with Crippen molar-refractivity contribution in [3.8, 4) is 5.69 Å². The fourth-order valence-electron chi connectivity index (χ4n) is 5.65. The Kier molecular flexibility index (Phi) is 4.93. The van der Waals surface area contributed by atoms with Gasteiger partial charge in [0.05, 0.1) is 30.7 Å². The largest absolute Gasteiger partial charge is 0.383 e. The molecule has 8 heteroatoms. The normalized spacial score (nSPS) is 19.8. The van der Waals surface area contributed by atoms with Gasteiger partial charge in [-0.25, -0.2) is 0 Å². The third-order valence-electron chi connectivity index (χ3n) is 7.20. The number of rotatable bonds is 5. The average molecular weight is 451 g/mol. The van der Waals surface area contributed by atoms with Crippen molar-refractivity contribution >= 4 is 17.3 Å². The predicted molar refractivity (Wildman–Crippen MR) is 123 cm³/mol. The zero-order valence-corrected chi connectivity index (χ0v) is 19.0. The number of nitrogens with zero attached hydrogens (tertiary/aromatic N) is 6. The van der Waals surface area contributed by atoms with E-state index in [9.17, 15) is 0 Å². The second-order valence-electron chi connectivity index (χ2n) is 9.46. The Bertz CT molecular complexity index is 1120. The van der Waals surface area contributed by atoms with E-state index in [1.165, 1.54) is 11.3 Å². The number of aromatic nitrogens is 4. The Morgan fingerprint density at radius 3 is 2.81 bits per heavy atom. The SMILES string of the molecule is COCCN1Cc2cc(Cl)ccc2-n2c(nnc2C2CC3(C2)CN(c2cccnc2)C3)C1. The molecule has 2 fully saturated rings. The molecule has 4 heterocycles. The maximum atomic E-state index is 6.36. The Balaban J connectivity index is 1.24. The molecule has 2 aliphatic heterocycles. The smallest absolute Gasteiger partial charge is 0.151 e. The van der Waals surface area contributed by atoms with Crippen molar-refractivity contribution in [2.75, 3.05) is 38.3 Å². The standard InChI is InChI=1S/C24H27ClN6O/c1-32-8-7-29-13-17-9-19(25)4-5-21(17)31-22(14-29)27-28-23(31)18-10-24(11-18)15-30(16-24)20-3-2-6-26-12-20/h2-6,9,12,18H,7-8,10-11,13-16H2,1H3. The molecule has 0 unspecified atom stereocenters. The van der Waals surface area contributed by atoms with Crippen molar-refractivity contribution in [3.05, 3.63) is 65.0 Å². The minimum atomic E-state index is 0.408. The topological polar surface area (TPSA) is 59.3 Å². The van der Waals surface area contributed by atoms with Crippen LogP contribution in [0.5, 0.6) is 0 Å². The Hall–Kier alpha value is -2.48. The van der Waals surface area contributed by atoms with Gasteiger partial charge in [-0.2, -0.15) is 0 Å². The second kappa shape index (κ2) is 7.83. The van der Waals surface area contributed by atoms with Crippen molar-refractivity contribution in [2.24, 2.45) is 5.41 Å². The van der Waals surface area contributed by atoms with E-state index in [0.717, 1.165) is 67.9 Å². The van der Waals surface area contributed by atoms with Gasteiger partial charge in [0, 0.05) is 55.8 Å². The fourth-order valence-corrected chi connectivity index (χ4v) is 5.84. The van der Waals surface area contributed by atoms with Crippen LogP contribution in [0.4, 0.5) is 5.69 Å². The molecule has 32 heavy (non-hydrogen) atoms. The van der Waals surface area contributed by atoms with Crippen molar-refractivity contribution in [1.29, 1.82) is 0 Å². The molecule has 7 nitrogen and oxygen atoms in total. The lowest BCUT2D eigenvalue weighted by atomic mass is 9.57. The molecule has 0 radical (unpaired) electrons. The van der Waals surface area contributed by atoms with Gasteiger partial charge in [0.1, 0.15) is 5.82 Å². The molecule has 166 valence electrons. The molecule has 1 aliphatic carbocycles. The summed E-state index contributed by atoms with van der Waals surface area (Å²) < 4.78 is 7.62. The van der Waals surface area contributed by atoms with Crippen LogP contribution in [0.25, 0.3) is 5.69 Å². The molecule has 1 aromatic carbocycles. The first kappa shape index (κ1) is 20.1. The van der Waals surface area contributed by atoms with Crippen LogP contribution in [0.15, 0.2) is 42.7 Å². The summed E-state index contributed by atoms with van der Waals surface area (Å²) in [5, 5.41) is 10.1. The van der Waals surface area contributed by atoms with Crippen molar-refractivity contribution in [1.82, 2.24) is 24.6 Å². The summed E-state index contributed by atoms with van der Waals surface area (Å²) in [6, 6.07) is 10.3. The van der Waals surface area contributed by atoms with E-state index in [0.29, 0.717) is 17.9 Å². The molecule has 6 rings (SSSR count). The monoisotopic (exact) mass is 450 g/mol. The first-order valence-corrected chi connectivity index (χ1v) is 11.6. The number of hydrogen-bond acceptors (Lipinski definition) is 6. The minimum absolute atomic E-state index is 0.408. The van der Waals surface area contributed by atoms with Crippen LogP contribution in [0.3, 0.4) is 0 Å².